The highest BCUT2D eigenvalue weighted by atomic mass is 32.2. The molecule has 3 aromatic rings. The minimum Gasteiger partial charge on any atom is -0.437 e. The third-order valence-corrected chi connectivity index (χ3v) is 4.23. The zero-order valence-electron chi connectivity index (χ0n) is 12.4. The number of aromatic nitrogens is 1. The van der Waals surface area contributed by atoms with Gasteiger partial charge in [0.2, 0.25) is 5.91 Å². The fraction of sp³-hybridized carbons (Fsp3) is 0.176. The van der Waals surface area contributed by atoms with Crippen LogP contribution in [0, 0.1) is 13.8 Å². The van der Waals surface area contributed by atoms with Crippen molar-refractivity contribution in [3.8, 4) is 0 Å². The fourth-order valence-corrected chi connectivity index (χ4v) is 2.87. The fourth-order valence-electron chi connectivity index (χ4n) is 2.15. The molecule has 0 aliphatic heterocycles. The molecule has 1 aromatic heterocycles. The van der Waals surface area contributed by atoms with Crippen LogP contribution in [-0.2, 0) is 4.79 Å². The predicted octanol–water partition coefficient (Wildman–Crippen LogP) is 4.18. The van der Waals surface area contributed by atoms with E-state index < -0.39 is 0 Å². The van der Waals surface area contributed by atoms with Gasteiger partial charge in [-0.25, -0.2) is 4.98 Å². The maximum atomic E-state index is 12.1. The first kappa shape index (κ1) is 14.7. The van der Waals surface area contributed by atoms with Crippen LogP contribution in [0.15, 0.2) is 52.1 Å². The van der Waals surface area contributed by atoms with E-state index in [2.05, 4.69) is 10.3 Å². The van der Waals surface area contributed by atoms with Gasteiger partial charge in [-0.1, -0.05) is 48.2 Å². The number of nitrogens with zero attached hydrogens (tertiary/aromatic N) is 1. The van der Waals surface area contributed by atoms with Gasteiger partial charge in [0, 0.05) is 11.1 Å². The quantitative estimate of drug-likeness (QED) is 0.734. The van der Waals surface area contributed by atoms with Crippen LogP contribution in [0.5, 0.6) is 0 Å². The minimum absolute atomic E-state index is 0.0742. The Morgan fingerprint density at radius 1 is 1.18 bits per heavy atom. The van der Waals surface area contributed by atoms with Gasteiger partial charge in [0.05, 0.1) is 11.4 Å². The second-order valence-electron chi connectivity index (χ2n) is 4.98. The van der Waals surface area contributed by atoms with E-state index in [-0.39, 0.29) is 11.7 Å². The molecule has 1 heterocycles. The van der Waals surface area contributed by atoms with Crippen LogP contribution >= 0.6 is 11.8 Å². The number of fused-ring (bicyclic) bond motifs is 1. The van der Waals surface area contributed by atoms with Gasteiger partial charge < -0.3 is 9.73 Å². The zero-order valence-corrected chi connectivity index (χ0v) is 13.2. The smallest absolute Gasteiger partial charge is 0.256 e. The summed E-state index contributed by atoms with van der Waals surface area (Å²) in [6.45, 7) is 3.75. The van der Waals surface area contributed by atoms with E-state index in [1.165, 1.54) is 11.8 Å². The molecular formula is C17H16N2O2S. The Hall–Kier alpha value is -2.27. The van der Waals surface area contributed by atoms with Gasteiger partial charge in [-0.2, -0.15) is 0 Å². The minimum atomic E-state index is -0.0742. The Labute approximate surface area is 132 Å². The maximum Gasteiger partial charge on any atom is 0.256 e. The van der Waals surface area contributed by atoms with Crippen molar-refractivity contribution in [2.75, 3.05) is 11.1 Å². The standard InChI is InChI=1S/C17H16N2O2S/c1-11-12(2)21-17(18-11)22-10-16(20)19-15-9-5-7-13-6-3-4-8-14(13)15/h3-9H,10H2,1-2H3,(H,19,20). The summed E-state index contributed by atoms with van der Waals surface area (Å²) in [5.41, 5.74) is 1.68. The van der Waals surface area contributed by atoms with Crippen molar-refractivity contribution in [1.29, 1.82) is 0 Å². The largest absolute Gasteiger partial charge is 0.437 e. The molecule has 0 spiro atoms. The first-order valence-corrected chi connectivity index (χ1v) is 7.96. The molecule has 0 aliphatic rings. The number of hydrogen-bond acceptors (Lipinski definition) is 4. The van der Waals surface area contributed by atoms with E-state index in [1.54, 1.807) is 0 Å². The lowest BCUT2D eigenvalue weighted by Gasteiger charge is -2.07. The molecule has 0 fully saturated rings. The Kier molecular flexibility index (Phi) is 4.15. The van der Waals surface area contributed by atoms with Gasteiger partial charge in [0.1, 0.15) is 5.76 Å². The molecule has 4 nitrogen and oxygen atoms in total. The molecular weight excluding hydrogens is 296 g/mol. The highest BCUT2D eigenvalue weighted by Gasteiger charge is 2.10. The molecule has 1 amide bonds. The number of amides is 1. The van der Waals surface area contributed by atoms with E-state index >= 15 is 0 Å². The average Bonchev–Trinajstić information content (AvgIpc) is 2.84. The summed E-state index contributed by atoms with van der Waals surface area (Å²) < 4.78 is 5.46. The SMILES string of the molecule is Cc1nc(SCC(=O)Nc2cccc3ccccc23)oc1C. The number of carbonyl (C=O) groups excluding carboxylic acids is 1. The summed E-state index contributed by atoms with van der Waals surface area (Å²) in [6, 6.07) is 13.8. The number of aryl methyl sites for hydroxylation is 2. The van der Waals surface area contributed by atoms with Gasteiger partial charge >= 0.3 is 0 Å². The maximum absolute atomic E-state index is 12.1. The van der Waals surface area contributed by atoms with Crippen molar-refractivity contribution in [2.24, 2.45) is 0 Å². The van der Waals surface area contributed by atoms with E-state index in [1.807, 2.05) is 56.3 Å². The molecule has 0 atom stereocenters. The number of thioether (sulfide) groups is 1. The molecule has 0 unspecified atom stereocenters. The molecule has 0 saturated heterocycles. The molecule has 2 aromatic carbocycles. The molecule has 112 valence electrons. The van der Waals surface area contributed by atoms with Crippen LogP contribution in [0.4, 0.5) is 5.69 Å². The Bertz CT molecular complexity index is 802. The van der Waals surface area contributed by atoms with Gasteiger partial charge in [0.25, 0.3) is 5.22 Å². The van der Waals surface area contributed by atoms with Gasteiger partial charge in [-0.05, 0) is 25.3 Å². The molecule has 0 radical (unpaired) electrons. The molecule has 22 heavy (non-hydrogen) atoms. The first-order chi connectivity index (χ1) is 10.6. The number of nitrogens with one attached hydrogen (secondary N) is 1. The van der Waals surface area contributed by atoms with Crippen LogP contribution in [-0.4, -0.2) is 16.6 Å². The summed E-state index contributed by atoms with van der Waals surface area (Å²) in [5, 5.41) is 5.62. The topological polar surface area (TPSA) is 55.1 Å². The lowest BCUT2D eigenvalue weighted by Crippen LogP contribution is -2.14. The number of carbonyl (C=O) groups is 1. The number of benzene rings is 2. The summed E-state index contributed by atoms with van der Waals surface area (Å²) in [4.78, 5) is 16.4. The van der Waals surface area contributed by atoms with Crippen molar-refractivity contribution >= 4 is 34.1 Å². The molecule has 3 rings (SSSR count). The highest BCUT2D eigenvalue weighted by Crippen LogP contribution is 2.24. The Morgan fingerprint density at radius 2 is 1.95 bits per heavy atom. The second-order valence-corrected chi connectivity index (χ2v) is 5.91. The molecule has 1 N–H and O–H groups in total. The van der Waals surface area contributed by atoms with Crippen molar-refractivity contribution in [3.63, 3.8) is 0 Å². The number of hydrogen-bond donors (Lipinski definition) is 1. The molecule has 0 bridgehead atoms. The summed E-state index contributed by atoms with van der Waals surface area (Å²) in [7, 11) is 0. The van der Waals surface area contributed by atoms with Crippen LogP contribution in [0.25, 0.3) is 10.8 Å². The number of anilines is 1. The summed E-state index contributed by atoms with van der Waals surface area (Å²) in [5.74, 6) is 0.981. The van der Waals surface area contributed by atoms with Crippen molar-refractivity contribution in [2.45, 2.75) is 19.1 Å². The lowest BCUT2D eigenvalue weighted by molar-refractivity contribution is -0.113. The van der Waals surface area contributed by atoms with Gasteiger partial charge in [-0.15, -0.1) is 0 Å². The number of oxazole rings is 1. The van der Waals surface area contributed by atoms with E-state index in [0.717, 1.165) is 27.9 Å². The monoisotopic (exact) mass is 312 g/mol. The van der Waals surface area contributed by atoms with Gasteiger partial charge in [-0.3, -0.25) is 4.79 Å². The molecule has 0 aliphatic carbocycles. The van der Waals surface area contributed by atoms with Crippen LogP contribution in [0.3, 0.4) is 0 Å². The summed E-state index contributed by atoms with van der Waals surface area (Å²) in [6.07, 6.45) is 0. The number of rotatable bonds is 4. The third-order valence-electron chi connectivity index (χ3n) is 3.40. The van der Waals surface area contributed by atoms with E-state index in [9.17, 15) is 4.79 Å². The van der Waals surface area contributed by atoms with Crippen LogP contribution < -0.4 is 5.32 Å². The Balaban J connectivity index is 1.68. The van der Waals surface area contributed by atoms with Crippen molar-refractivity contribution < 1.29 is 9.21 Å². The predicted molar refractivity (Wildman–Crippen MR) is 89.3 cm³/mol. The highest BCUT2D eigenvalue weighted by molar-refractivity contribution is 7.99. The molecule has 0 saturated carbocycles. The average molecular weight is 312 g/mol. The van der Waals surface area contributed by atoms with E-state index in [4.69, 9.17) is 4.42 Å². The summed E-state index contributed by atoms with van der Waals surface area (Å²) >= 11 is 1.30. The third kappa shape index (κ3) is 3.14. The van der Waals surface area contributed by atoms with Crippen LogP contribution in [0.2, 0.25) is 0 Å². The van der Waals surface area contributed by atoms with E-state index in [0.29, 0.717) is 5.22 Å². The lowest BCUT2D eigenvalue weighted by atomic mass is 10.1. The zero-order chi connectivity index (χ0) is 15.5. The Morgan fingerprint density at radius 3 is 2.73 bits per heavy atom. The first-order valence-electron chi connectivity index (χ1n) is 6.98. The van der Waals surface area contributed by atoms with Crippen molar-refractivity contribution in [3.05, 3.63) is 53.9 Å². The van der Waals surface area contributed by atoms with Crippen LogP contribution in [0.1, 0.15) is 11.5 Å². The second kappa shape index (κ2) is 6.23. The molecule has 5 heteroatoms. The normalized spacial score (nSPS) is 10.8. The van der Waals surface area contributed by atoms with Gasteiger partial charge in [0.15, 0.2) is 0 Å². The van der Waals surface area contributed by atoms with Crippen molar-refractivity contribution in [1.82, 2.24) is 4.98 Å².